The molecule has 2 heterocycles. The molecule has 23 heavy (non-hydrogen) atoms. The van der Waals surface area contributed by atoms with Crippen LogP contribution in [-0.2, 0) is 9.22 Å². The highest BCUT2D eigenvalue weighted by Crippen LogP contribution is 2.37. The second kappa shape index (κ2) is 6.24. The molecule has 8 heteroatoms. The number of nitrogens with zero attached hydrogens (tertiary/aromatic N) is 3. The van der Waals surface area contributed by atoms with Crippen LogP contribution >= 0.6 is 0 Å². The van der Waals surface area contributed by atoms with E-state index >= 15 is 0 Å². The fourth-order valence-electron chi connectivity index (χ4n) is 2.22. The smallest absolute Gasteiger partial charge is 0.310 e. The zero-order valence-electron chi connectivity index (χ0n) is 14.2. The van der Waals surface area contributed by atoms with Gasteiger partial charge in [-0.2, -0.15) is 9.37 Å². The molecule has 1 saturated heterocycles. The monoisotopic (exact) mass is 343 g/mol. The molecular weight excluding hydrogens is 320 g/mol. The first-order chi connectivity index (χ1) is 10.5. The molecule has 1 aromatic heterocycles. The third-order valence-corrected chi connectivity index (χ3v) is 9.19. The van der Waals surface area contributed by atoms with Gasteiger partial charge in [-0.05, 0) is 24.6 Å². The number of rotatable bonds is 4. The van der Waals surface area contributed by atoms with Crippen molar-refractivity contribution in [3.63, 3.8) is 0 Å². The molecular formula is C15H23F2N3O2Si. The van der Waals surface area contributed by atoms with Crippen LogP contribution in [0.5, 0.6) is 0 Å². The molecule has 5 nitrogen and oxygen atoms in total. The van der Waals surface area contributed by atoms with Gasteiger partial charge in [-0.25, -0.2) is 9.37 Å². The maximum Gasteiger partial charge on any atom is 0.310 e. The Morgan fingerprint density at radius 2 is 2.04 bits per heavy atom. The van der Waals surface area contributed by atoms with Gasteiger partial charge in [-0.1, -0.05) is 20.8 Å². The van der Waals surface area contributed by atoms with Gasteiger partial charge in [0.1, 0.15) is 0 Å². The van der Waals surface area contributed by atoms with Gasteiger partial charge >= 0.3 is 6.08 Å². The highest BCUT2D eigenvalue weighted by atomic mass is 28.4. The predicted octanol–water partition coefficient (Wildman–Crippen LogP) is 3.27. The second-order valence-corrected chi connectivity index (χ2v) is 12.1. The topological polar surface area (TPSA) is 55.3 Å². The van der Waals surface area contributed by atoms with Gasteiger partial charge in [0.15, 0.2) is 20.0 Å². The fraction of sp³-hybridized carbons (Fsp3) is 0.667. The maximum atomic E-state index is 13.9. The summed E-state index contributed by atoms with van der Waals surface area (Å²) in [5, 5.41) is 0.0344. The van der Waals surface area contributed by atoms with Crippen LogP contribution in [0.1, 0.15) is 33.6 Å². The fourth-order valence-corrected chi connectivity index (χ4v) is 3.26. The lowest BCUT2D eigenvalue weighted by atomic mass is 10.2. The molecule has 0 bridgehead atoms. The van der Waals surface area contributed by atoms with E-state index in [1.165, 1.54) is 4.90 Å². The van der Waals surface area contributed by atoms with Crippen LogP contribution in [0.3, 0.4) is 0 Å². The van der Waals surface area contributed by atoms with Crippen LogP contribution in [-0.4, -0.2) is 36.8 Å². The lowest BCUT2D eigenvalue weighted by Gasteiger charge is -2.37. The SMILES string of the molecule is CC(C)(C)[Si](C)(C)OCC1CCC(=O)N1c1nc(F)ncc1F. The van der Waals surface area contributed by atoms with Gasteiger partial charge < -0.3 is 4.43 Å². The van der Waals surface area contributed by atoms with E-state index in [4.69, 9.17) is 4.43 Å². The molecule has 1 atom stereocenters. The van der Waals surface area contributed by atoms with Crippen molar-refractivity contribution >= 4 is 20.0 Å². The van der Waals surface area contributed by atoms with Gasteiger partial charge in [0.25, 0.3) is 0 Å². The molecule has 0 spiro atoms. The first-order valence-corrected chi connectivity index (χ1v) is 10.6. The summed E-state index contributed by atoms with van der Waals surface area (Å²) in [5.74, 6) is -1.38. The molecule has 1 fully saturated rings. The zero-order chi connectivity index (χ0) is 17.4. The van der Waals surface area contributed by atoms with Crippen LogP contribution in [0.15, 0.2) is 6.20 Å². The van der Waals surface area contributed by atoms with Crippen LogP contribution in [0.4, 0.5) is 14.6 Å². The molecule has 1 aromatic rings. The molecule has 1 aliphatic rings. The summed E-state index contributed by atoms with van der Waals surface area (Å²) in [6.07, 6.45) is 0.509. The lowest BCUT2D eigenvalue weighted by molar-refractivity contribution is -0.117. The number of anilines is 1. The van der Waals surface area contributed by atoms with Gasteiger partial charge in [0, 0.05) is 6.42 Å². The van der Waals surface area contributed by atoms with Crippen LogP contribution < -0.4 is 4.90 Å². The van der Waals surface area contributed by atoms with Gasteiger partial charge in [0.2, 0.25) is 5.91 Å². The van der Waals surface area contributed by atoms with E-state index in [9.17, 15) is 13.6 Å². The quantitative estimate of drug-likeness (QED) is 0.622. The Balaban J connectivity index is 2.19. The van der Waals surface area contributed by atoms with Crippen molar-refractivity contribution in [2.75, 3.05) is 11.5 Å². The lowest BCUT2D eigenvalue weighted by Crippen LogP contribution is -2.45. The van der Waals surface area contributed by atoms with Crippen LogP contribution in [0.2, 0.25) is 18.1 Å². The Morgan fingerprint density at radius 1 is 1.39 bits per heavy atom. The normalized spacial score (nSPS) is 19.5. The maximum absolute atomic E-state index is 13.9. The highest BCUT2D eigenvalue weighted by Gasteiger charge is 2.40. The summed E-state index contributed by atoms with van der Waals surface area (Å²) in [7, 11) is -1.99. The minimum atomic E-state index is -1.99. The van der Waals surface area contributed by atoms with Crippen LogP contribution in [0, 0.1) is 11.9 Å². The van der Waals surface area contributed by atoms with Crippen molar-refractivity contribution in [3.8, 4) is 0 Å². The molecule has 1 unspecified atom stereocenters. The van der Waals surface area contributed by atoms with Gasteiger partial charge in [0.05, 0.1) is 18.8 Å². The average molecular weight is 343 g/mol. The standard InChI is InChI=1S/C15H23F2N3O2Si/c1-15(2,3)23(4,5)22-9-10-6-7-12(21)20(10)13-11(16)8-18-14(17)19-13/h8,10H,6-7,9H2,1-5H3. The average Bonchev–Trinajstić information content (AvgIpc) is 2.79. The number of amides is 1. The molecule has 128 valence electrons. The minimum Gasteiger partial charge on any atom is -0.415 e. The van der Waals surface area contributed by atoms with Crippen molar-refractivity contribution < 1.29 is 18.0 Å². The van der Waals surface area contributed by atoms with Crippen molar-refractivity contribution in [3.05, 3.63) is 18.1 Å². The van der Waals surface area contributed by atoms with E-state index in [2.05, 4.69) is 43.8 Å². The third kappa shape index (κ3) is 3.74. The van der Waals surface area contributed by atoms with E-state index in [0.717, 1.165) is 6.20 Å². The Labute approximate surface area is 136 Å². The largest absolute Gasteiger partial charge is 0.415 e. The molecule has 0 aliphatic carbocycles. The Morgan fingerprint density at radius 3 is 2.65 bits per heavy atom. The van der Waals surface area contributed by atoms with E-state index in [-0.39, 0.29) is 29.2 Å². The molecule has 2 rings (SSSR count). The van der Waals surface area contributed by atoms with Crippen LogP contribution in [0.25, 0.3) is 0 Å². The number of halogens is 2. The Kier molecular flexibility index (Phi) is 4.86. The van der Waals surface area contributed by atoms with Gasteiger partial charge in [-0.3, -0.25) is 9.69 Å². The summed E-state index contributed by atoms with van der Waals surface area (Å²) < 4.78 is 33.3. The minimum absolute atomic E-state index is 0.0344. The van der Waals surface area contributed by atoms with Crippen molar-refractivity contribution in [2.24, 2.45) is 0 Å². The predicted molar refractivity (Wildman–Crippen MR) is 85.6 cm³/mol. The number of carbonyl (C=O) groups excluding carboxylic acids is 1. The third-order valence-electron chi connectivity index (χ3n) is 4.69. The van der Waals surface area contributed by atoms with Gasteiger partial charge in [-0.15, -0.1) is 0 Å². The van der Waals surface area contributed by atoms with E-state index < -0.39 is 20.2 Å². The molecule has 0 radical (unpaired) electrons. The van der Waals surface area contributed by atoms with E-state index in [1.54, 1.807) is 0 Å². The van der Waals surface area contributed by atoms with E-state index in [1.807, 2.05) is 0 Å². The summed E-state index contributed by atoms with van der Waals surface area (Å²) in [6, 6.07) is -0.333. The van der Waals surface area contributed by atoms with Crippen molar-refractivity contribution in [1.29, 1.82) is 0 Å². The van der Waals surface area contributed by atoms with Crippen molar-refractivity contribution in [2.45, 2.75) is 57.8 Å². The molecule has 1 aliphatic heterocycles. The second-order valence-electron chi connectivity index (χ2n) is 7.34. The first-order valence-electron chi connectivity index (χ1n) is 7.67. The van der Waals surface area contributed by atoms with E-state index in [0.29, 0.717) is 13.0 Å². The first kappa shape index (κ1) is 17.9. The number of aromatic nitrogens is 2. The molecule has 0 saturated carbocycles. The number of carbonyl (C=O) groups is 1. The number of hydrogen-bond acceptors (Lipinski definition) is 4. The summed E-state index contributed by atoms with van der Waals surface area (Å²) in [4.78, 5) is 19.9. The van der Waals surface area contributed by atoms with Crippen molar-refractivity contribution in [1.82, 2.24) is 9.97 Å². The summed E-state index contributed by atoms with van der Waals surface area (Å²) in [5.41, 5.74) is 0. The Hall–Kier alpha value is -1.41. The summed E-state index contributed by atoms with van der Waals surface area (Å²) >= 11 is 0. The Bertz CT molecular complexity index is 605. The molecule has 0 aromatic carbocycles. The summed E-state index contributed by atoms with van der Waals surface area (Å²) in [6.45, 7) is 10.9. The molecule has 0 N–H and O–H groups in total. The zero-order valence-corrected chi connectivity index (χ0v) is 15.2. The molecule has 1 amide bonds. The highest BCUT2D eigenvalue weighted by molar-refractivity contribution is 6.74. The number of hydrogen-bond donors (Lipinski definition) is 0.